The maximum absolute atomic E-state index is 10.4. The Balaban J connectivity index is 1.83. The maximum atomic E-state index is 10.4. The van der Waals surface area contributed by atoms with Gasteiger partial charge in [-0.15, -0.1) is 0 Å². The molecule has 0 atom stereocenters. The number of phenolic OH excluding ortho intramolecular Hbond substituents is 1. The summed E-state index contributed by atoms with van der Waals surface area (Å²) >= 11 is 20.4. The van der Waals surface area contributed by atoms with E-state index >= 15 is 0 Å². The smallest absolute Gasteiger partial charge is 0.157 e. The number of hydrogen-bond acceptors (Lipinski definition) is 3. The minimum absolute atomic E-state index is 0.0224. The predicted molar refractivity (Wildman–Crippen MR) is 117 cm³/mol. The van der Waals surface area contributed by atoms with Gasteiger partial charge in [0.25, 0.3) is 0 Å². The second kappa shape index (κ2) is 9.11. The molecule has 6 heteroatoms. The molecule has 3 rings (SSSR count). The second-order valence-electron chi connectivity index (χ2n) is 5.89. The lowest BCUT2D eigenvalue weighted by Gasteiger charge is -2.15. The SMILES string of the molecule is CCc1c(Cl)cc(NCc2ccccc2Sc2ccccc2Cl)c(O)c1Cl. The Bertz CT molecular complexity index is 962. The molecule has 3 aromatic carbocycles. The van der Waals surface area contributed by atoms with Gasteiger partial charge >= 0.3 is 0 Å². The van der Waals surface area contributed by atoms with Gasteiger partial charge in [-0.05, 0) is 41.8 Å². The largest absolute Gasteiger partial charge is 0.504 e. The molecule has 0 spiro atoms. The van der Waals surface area contributed by atoms with E-state index in [1.165, 1.54) is 0 Å². The van der Waals surface area contributed by atoms with Crippen LogP contribution in [-0.2, 0) is 13.0 Å². The molecular formula is C21H18Cl3NOS. The molecule has 2 nitrogen and oxygen atoms in total. The minimum atomic E-state index is 0.0224. The van der Waals surface area contributed by atoms with Crippen molar-refractivity contribution in [3.8, 4) is 5.75 Å². The third kappa shape index (κ3) is 4.67. The quantitative estimate of drug-likeness (QED) is 0.387. The molecule has 0 aromatic heterocycles. The summed E-state index contributed by atoms with van der Waals surface area (Å²) in [7, 11) is 0. The zero-order valence-corrected chi connectivity index (χ0v) is 17.7. The highest BCUT2D eigenvalue weighted by Gasteiger charge is 2.15. The third-order valence-corrected chi connectivity index (χ3v) is 6.52. The zero-order valence-electron chi connectivity index (χ0n) is 14.6. The van der Waals surface area contributed by atoms with Gasteiger partial charge in [-0.25, -0.2) is 0 Å². The second-order valence-corrected chi connectivity index (χ2v) is 8.17. The van der Waals surface area contributed by atoms with Crippen LogP contribution in [-0.4, -0.2) is 5.11 Å². The van der Waals surface area contributed by atoms with Crippen molar-refractivity contribution in [1.82, 2.24) is 0 Å². The van der Waals surface area contributed by atoms with Gasteiger partial charge in [0, 0.05) is 21.4 Å². The molecule has 27 heavy (non-hydrogen) atoms. The summed E-state index contributed by atoms with van der Waals surface area (Å²) in [5, 5.41) is 15.2. The van der Waals surface area contributed by atoms with Crippen molar-refractivity contribution in [2.75, 3.05) is 5.32 Å². The summed E-state index contributed by atoms with van der Waals surface area (Å²) < 4.78 is 0. The fraction of sp³-hybridized carbons (Fsp3) is 0.143. The number of halogens is 3. The minimum Gasteiger partial charge on any atom is -0.504 e. The molecule has 0 unspecified atom stereocenters. The van der Waals surface area contributed by atoms with Gasteiger partial charge < -0.3 is 10.4 Å². The van der Waals surface area contributed by atoms with E-state index in [0.29, 0.717) is 28.7 Å². The van der Waals surface area contributed by atoms with Crippen LogP contribution >= 0.6 is 46.6 Å². The summed E-state index contributed by atoms with van der Waals surface area (Å²) in [6.45, 7) is 2.46. The third-order valence-electron chi connectivity index (χ3n) is 4.14. The van der Waals surface area contributed by atoms with Crippen LogP contribution in [0, 0.1) is 0 Å². The summed E-state index contributed by atoms with van der Waals surface area (Å²) in [4.78, 5) is 2.08. The number of aromatic hydroxyl groups is 1. The summed E-state index contributed by atoms with van der Waals surface area (Å²) in [6, 6.07) is 17.5. The molecule has 0 aliphatic carbocycles. The van der Waals surface area contributed by atoms with Crippen LogP contribution in [0.15, 0.2) is 64.4 Å². The van der Waals surface area contributed by atoms with Crippen LogP contribution in [0.1, 0.15) is 18.1 Å². The Morgan fingerprint density at radius 3 is 2.30 bits per heavy atom. The van der Waals surface area contributed by atoms with E-state index in [0.717, 1.165) is 25.9 Å². The molecular weight excluding hydrogens is 421 g/mol. The van der Waals surface area contributed by atoms with Crippen molar-refractivity contribution in [1.29, 1.82) is 0 Å². The number of hydrogen-bond donors (Lipinski definition) is 2. The van der Waals surface area contributed by atoms with E-state index in [1.807, 2.05) is 55.5 Å². The normalized spacial score (nSPS) is 10.8. The Morgan fingerprint density at radius 2 is 1.59 bits per heavy atom. The van der Waals surface area contributed by atoms with E-state index in [2.05, 4.69) is 5.32 Å². The maximum Gasteiger partial charge on any atom is 0.157 e. The van der Waals surface area contributed by atoms with Crippen LogP contribution in [0.5, 0.6) is 5.75 Å². The average molecular weight is 439 g/mol. The Kier molecular flexibility index (Phi) is 6.83. The number of benzene rings is 3. The van der Waals surface area contributed by atoms with E-state index in [-0.39, 0.29) is 5.75 Å². The van der Waals surface area contributed by atoms with E-state index in [9.17, 15) is 5.11 Å². The van der Waals surface area contributed by atoms with Gasteiger partial charge in [-0.2, -0.15) is 0 Å². The zero-order chi connectivity index (χ0) is 19.4. The van der Waals surface area contributed by atoms with Crippen LogP contribution < -0.4 is 5.32 Å². The van der Waals surface area contributed by atoms with Crippen molar-refractivity contribution < 1.29 is 5.11 Å². The molecule has 0 radical (unpaired) electrons. The molecule has 3 aromatic rings. The molecule has 2 N–H and O–H groups in total. The standard InChI is InChI=1S/C21H18Cl3NOS/c1-2-14-16(23)11-17(21(26)20(14)24)25-12-13-7-3-5-9-18(13)27-19-10-6-4-8-15(19)22/h3-11,25-26H,2,12H2,1H3. The molecule has 0 fully saturated rings. The molecule has 0 bridgehead atoms. The Morgan fingerprint density at radius 1 is 0.926 bits per heavy atom. The van der Waals surface area contributed by atoms with Gasteiger partial charge in [-0.1, -0.05) is 83.8 Å². The van der Waals surface area contributed by atoms with E-state index in [1.54, 1.807) is 17.8 Å². The lowest BCUT2D eigenvalue weighted by atomic mass is 10.1. The lowest BCUT2D eigenvalue weighted by molar-refractivity contribution is 0.476. The first kappa shape index (κ1) is 20.2. The average Bonchev–Trinajstić information content (AvgIpc) is 2.67. The highest BCUT2D eigenvalue weighted by molar-refractivity contribution is 7.99. The molecule has 140 valence electrons. The van der Waals surface area contributed by atoms with Crippen LogP contribution in [0.4, 0.5) is 5.69 Å². The van der Waals surface area contributed by atoms with Gasteiger partial charge in [0.15, 0.2) is 5.75 Å². The monoisotopic (exact) mass is 437 g/mol. The van der Waals surface area contributed by atoms with Crippen molar-refractivity contribution >= 4 is 52.3 Å². The highest BCUT2D eigenvalue weighted by atomic mass is 35.5. The topological polar surface area (TPSA) is 32.3 Å². The molecule has 0 amide bonds. The highest BCUT2D eigenvalue weighted by Crippen LogP contribution is 2.40. The van der Waals surface area contributed by atoms with E-state index in [4.69, 9.17) is 34.8 Å². The van der Waals surface area contributed by atoms with Crippen molar-refractivity contribution in [2.24, 2.45) is 0 Å². The first-order valence-corrected chi connectivity index (χ1v) is 10.4. The van der Waals surface area contributed by atoms with Crippen molar-refractivity contribution in [2.45, 2.75) is 29.7 Å². The number of phenols is 1. The fourth-order valence-electron chi connectivity index (χ4n) is 2.69. The molecule has 0 aliphatic heterocycles. The molecule has 0 heterocycles. The first-order valence-electron chi connectivity index (χ1n) is 8.45. The van der Waals surface area contributed by atoms with Crippen LogP contribution in [0.25, 0.3) is 0 Å². The molecule has 0 saturated heterocycles. The molecule has 0 aliphatic rings. The van der Waals surface area contributed by atoms with Gasteiger partial charge in [0.05, 0.1) is 15.7 Å². The fourth-order valence-corrected chi connectivity index (χ4v) is 4.63. The van der Waals surface area contributed by atoms with Crippen molar-refractivity contribution in [3.05, 3.63) is 80.8 Å². The number of rotatable bonds is 6. The molecule has 0 saturated carbocycles. The predicted octanol–water partition coefficient (Wildman–Crippen LogP) is 7.68. The Hall–Kier alpha value is -1.52. The van der Waals surface area contributed by atoms with Crippen LogP contribution in [0.2, 0.25) is 15.1 Å². The Labute approximate surface area is 178 Å². The van der Waals surface area contributed by atoms with Gasteiger partial charge in [0.2, 0.25) is 0 Å². The summed E-state index contributed by atoms with van der Waals surface area (Å²) in [6.07, 6.45) is 0.656. The first-order chi connectivity index (χ1) is 13.0. The summed E-state index contributed by atoms with van der Waals surface area (Å²) in [5.74, 6) is 0.0224. The van der Waals surface area contributed by atoms with Gasteiger partial charge in [-0.3, -0.25) is 0 Å². The number of anilines is 1. The van der Waals surface area contributed by atoms with E-state index < -0.39 is 0 Å². The lowest BCUT2D eigenvalue weighted by Crippen LogP contribution is -2.02. The van der Waals surface area contributed by atoms with Crippen LogP contribution in [0.3, 0.4) is 0 Å². The number of nitrogens with one attached hydrogen (secondary N) is 1. The summed E-state index contributed by atoms with van der Waals surface area (Å²) in [5.41, 5.74) is 2.34. The van der Waals surface area contributed by atoms with Gasteiger partial charge in [0.1, 0.15) is 0 Å². The van der Waals surface area contributed by atoms with Crippen molar-refractivity contribution in [3.63, 3.8) is 0 Å².